The molecule has 0 bridgehead atoms. The van der Waals surface area contributed by atoms with Crippen molar-refractivity contribution in [2.24, 2.45) is 0 Å². The third-order valence-corrected chi connectivity index (χ3v) is 2.88. The lowest BCUT2D eigenvalue weighted by Crippen LogP contribution is -1.86. The molecule has 0 N–H and O–H groups in total. The van der Waals surface area contributed by atoms with Crippen LogP contribution < -0.4 is 0 Å². The molecule has 0 aliphatic rings. The maximum atomic E-state index is 11.6. The number of hydrogen-bond acceptors (Lipinski definition) is 0. The number of hydrogen-bond donors (Lipinski definition) is 0. The van der Waals surface area contributed by atoms with Gasteiger partial charge in [-0.1, -0.05) is 18.2 Å². The van der Waals surface area contributed by atoms with Gasteiger partial charge in [0.05, 0.1) is 0 Å². The number of fused-ring (bicyclic) bond motifs is 1. The summed E-state index contributed by atoms with van der Waals surface area (Å²) in [5.74, 6) is 0.119. The van der Waals surface area contributed by atoms with Crippen LogP contribution in [0.4, 0.5) is 0 Å². The third-order valence-electron chi connectivity index (χ3n) is 2.88. The Morgan fingerprint density at radius 1 is 0.857 bits per heavy atom. The van der Waals surface area contributed by atoms with Crippen molar-refractivity contribution in [3.8, 4) is 5.75 Å². The first-order valence-corrected chi connectivity index (χ1v) is 4.78. The second-order valence-electron chi connectivity index (χ2n) is 3.81. The Morgan fingerprint density at radius 3 is 2.21 bits per heavy atom. The van der Waals surface area contributed by atoms with E-state index in [4.69, 9.17) is 0 Å². The van der Waals surface area contributed by atoms with Gasteiger partial charge in [-0.2, -0.15) is 0 Å². The third kappa shape index (κ3) is 1.17. The van der Waals surface area contributed by atoms with Gasteiger partial charge < -0.3 is 0 Å². The Morgan fingerprint density at radius 2 is 1.50 bits per heavy atom. The lowest BCUT2D eigenvalue weighted by molar-refractivity contribution is 0.360. The molecule has 14 heavy (non-hydrogen) atoms. The average Bonchev–Trinajstić information content (AvgIpc) is 2.16. The van der Waals surface area contributed by atoms with Crippen LogP contribution in [-0.4, -0.2) is 0 Å². The topological polar surface area (TPSA) is 19.9 Å². The van der Waals surface area contributed by atoms with E-state index in [0.717, 1.165) is 10.8 Å². The van der Waals surface area contributed by atoms with Gasteiger partial charge in [0.15, 0.2) is 5.75 Å². The molecular weight excluding hydrogens is 172 g/mol. The van der Waals surface area contributed by atoms with Crippen LogP contribution in [0, 0.1) is 20.8 Å². The van der Waals surface area contributed by atoms with E-state index in [2.05, 4.69) is 13.8 Å². The van der Waals surface area contributed by atoms with Gasteiger partial charge in [0.2, 0.25) is 0 Å². The van der Waals surface area contributed by atoms with Gasteiger partial charge in [-0.25, -0.2) is 0 Å². The SMILES string of the molecule is Cc1ccc2c([O])ccc(C)c2c1C. The smallest absolute Gasteiger partial charge is 0.186 e. The normalized spacial score (nSPS) is 10.8. The first-order valence-electron chi connectivity index (χ1n) is 4.78. The lowest BCUT2D eigenvalue weighted by Gasteiger charge is -2.08. The molecule has 71 valence electrons. The second kappa shape index (κ2) is 3.02. The molecule has 0 saturated heterocycles. The molecule has 0 fully saturated rings. The summed E-state index contributed by atoms with van der Waals surface area (Å²) in [6.45, 7) is 6.20. The largest absolute Gasteiger partial charge is 0.289 e. The van der Waals surface area contributed by atoms with Gasteiger partial charge in [0, 0.05) is 5.39 Å². The van der Waals surface area contributed by atoms with Crippen LogP contribution in [0.15, 0.2) is 24.3 Å². The Labute approximate surface area is 84.0 Å². The van der Waals surface area contributed by atoms with E-state index in [1.165, 1.54) is 16.7 Å². The van der Waals surface area contributed by atoms with Gasteiger partial charge in [0.25, 0.3) is 0 Å². The van der Waals surface area contributed by atoms with Gasteiger partial charge in [0.1, 0.15) is 0 Å². The van der Waals surface area contributed by atoms with E-state index in [0.29, 0.717) is 0 Å². The minimum atomic E-state index is 0.119. The van der Waals surface area contributed by atoms with Crippen molar-refractivity contribution >= 4 is 10.8 Å². The van der Waals surface area contributed by atoms with Crippen LogP contribution in [0.3, 0.4) is 0 Å². The Hall–Kier alpha value is -1.50. The zero-order valence-corrected chi connectivity index (χ0v) is 8.72. The van der Waals surface area contributed by atoms with Gasteiger partial charge in [-0.05, 0) is 48.9 Å². The van der Waals surface area contributed by atoms with Gasteiger partial charge in [-0.3, -0.25) is 5.11 Å². The first-order chi connectivity index (χ1) is 6.61. The zero-order valence-electron chi connectivity index (χ0n) is 8.72. The summed E-state index contributed by atoms with van der Waals surface area (Å²) < 4.78 is 0. The molecule has 2 rings (SSSR count). The molecular formula is C13H13O. The molecule has 0 aromatic heterocycles. The highest BCUT2D eigenvalue weighted by Gasteiger charge is 2.07. The molecule has 1 radical (unpaired) electrons. The predicted molar refractivity (Wildman–Crippen MR) is 58.3 cm³/mol. The predicted octanol–water partition coefficient (Wildman–Crippen LogP) is 3.91. The second-order valence-corrected chi connectivity index (χ2v) is 3.81. The molecule has 0 aliphatic carbocycles. The van der Waals surface area contributed by atoms with E-state index >= 15 is 0 Å². The monoisotopic (exact) mass is 185 g/mol. The molecule has 0 saturated carbocycles. The number of rotatable bonds is 0. The van der Waals surface area contributed by atoms with E-state index in [-0.39, 0.29) is 5.75 Å². The van der Waals surface area contributed by atoms with Crippen molar-refractivity contribution < 1.29 is 5.11 Å². The van der Waals surface area contributed by atoms with Crippen LogP contribution in [0.2, 0.25) is 0 Å². The van der Waals surface area contributed by atoms with E-state index in [1.54, 1.807) is 6.07 Å². The standard InChI is InChI=1S/C13H13O/c1-8-4-6-11-12(14)7-5-9(2)13(11)10(8)3/h4-7H,1-3H3. The van der Waals surface area contributed by atoms with Crippen LogP contribution >= 0.6 is 0 Å². The highest BCUT2D eigenvalue weighted by molar-refractivity contribution is 5.93. The Bertz CT molecular complexity index is 498. The van der Waals surface area contributed by atoms with E-state index < -0.39 is 0 Å². The Balaban J connectivity index is 3.01. The van der Waals surface area contributed by atoms with Crippen molar-refractivity contribution in [3.05, 3.63) is 41.0 Å². The Kier molecular flexibility index (Phi) is 1.95. The molecule has 0 amide bonds. The van der Waals surface area contributed by atoms with E-state index in [9.17, 15) is 5.11 Å². The van der Waals surface area contributed by atoms with Crippen LogP contribution in [0.1, 0.15) is 16.7 Å². The molecule has 0 atom stereocenters. The van der Waals surface area contributed by atoms with E-state index in [1.807, 2.05) is 25.1 Å². The van der Waals surface area contributed by atoms with Crippen LogP contribution in [0.25, 0.3) is 10.8 Å². The van der Waals surface area contributed by atoms with Crippen molar-refractivity contribution in [2.45, 2.75) is 20.8 Å². The first kappa shape index (κ1) is 9.07. The van der Waals surface area contributed by atoms with Crippen molar-refractivity contribution in [1.29, 1.82) is 0 Å². The molecule has 0 spiro atoms. The minimum absolute atomic E-state index is 0.119. The molecule has 1 nitrogen and oxygen atoms in total. The van der Waals surface area contributed by atoms with Crippen molar-refractivity contribution in [1.82, 2.24) is 0 Å². The van der Waals surface area contributed by atoms with Gasteiger partial charge in [-0.15, -0.1) is 0 Å². The summed E-state index contributed by atoms with van der Waals surface area (Å²) in [4.78, 5) is 0. The number of benzene rings is 2. The fourth-order valence-corrected chi connectivity index (χ4v) is 1.90. The summed E-state index contributed by atoms with van der Waals surface area (Å²) in [5, 5.41) is 13.6. The summed E-state index contributed by atoms with van der Waals surface area (Å²) in [7, 11) is 0. The van der Waals surface area contributed by atoms with Crippen LogP contribution in [-0.2, 0) is 5.11 Å². The fourth-order valence-electron chi connectivity index (χ4n) is 1.90. The summed E-state index contributed by atoms with van der Waals surface area (Å²) >= 11 is 0. The van der Waals surface area contributed by atoms with Gasteiger partial charge >= 0.3 is 0 Å². The molecule has 2 aromatic carbocycles. The zero-order chi connectivity index (χ0) is 10.3. The summed E-state index contributed by atoms with van der Waals surface area (Å²) in [6.07, 6.45) is 0. The molecule has 0 heterocycles. The molecule has 2 aromatic rings. The average molecular weight is 185 g/mol. The molecule has 0 aliphatic heterocycles. The number of aryl methyl sites for hydroxylation is 3. The molecule has 0 unspecified atom stereocenters. The molecule has 1 heteroatoms. The van der Waals surface area contributed by atoms with Crippen molar-refractivity contribution in [2.75, 3.05) is 0 Å². The summed E-state index contributed by atoms with van der Waals surface area (Å²) in [6, 6.07) is 7.48. The fraction of sp³-hybridized carbons (Fsp3) is 0.231. The maximum absolute atomic E-state index is 11.6. The summed E-state index contributed by atoms with van der Waals surface area (Å²) in [5.41, 5.74) is 3.64. The van der Waals surface area contributed by atoms with Crippen LogP contribution in [0.5, 0.6) is 5.75 Å². The quantitative estimate of drug-likeness (QED) is 0.593. The highest BCUT2D eigenvalue weighted by atomic mass is 16.3. The lowest BCUT2D eigenvalue weighted by atomic mass is 9.97. The minimum Gasteiger partial charge on any atom is -0.289 e. The highest BCUT2D eigenvalue weighted by Crippen LogP contribution is 2.31. The van der Waals surface area contributed by atoms with Crippen molar-refractivity contribution in [3.63, 3.8) is 0 Å². The maximum Gasteiger partial charge on any atom is 0.186 e.